The fourth-order valence-electron chi connectivity index (χ4n) is 3.27. The molecule has 1 heterocycles. The highest BCUT2D eigenvalue weighted by atomic mass is 16.5. The monoisotopic (exact) mass is 421 g/mol. The third-order valence-corrected chi connectivity index (χ3v) is 5.07. The SMILES string of the molecule is CCC(NC(=O)OCc1ccccc1)C(=O)Cn1nnc(Cc2c(C)cccc2C)n1. The first-order valence-electron chi connectivity index (χ1n) is 10.3. The molecular formula is C23H27N5O3. The molecule has 8 heteroatoms. The topological polar surface area (TPSA) is 99.0 Å². The van der Waals surface area contributed by atoms with Gasteiger partial charge in [-0.3, -0.25) is 4.79 Å². The summed E-state index contributed by atoms with van der Waals surface area (Å²) in [5.74, 6) is 0.337. The van der Waals surface area contributed by atoms with Gasteiger partial charge in [0, 0.05) is 6.42 Å². The number of aromatic nitrogens is 4. The van der Waals surface area contributed by atoms with E-state index in [1.165, 1.54) is 4.80 Å². The number of benzene rings is 2. The van der Waals surface area contributed by atoms with E-state index in [9.17, 15) is 9.59 Å². The molecule has 8 nitrogen and oxygen atoms in total. The highest BCUT2D eigenvalue weighted by molar-refractivity contribution is 5.87. The van der Waals surface area contributed by atoms with Crippen LogP contribution in [-0.2, 0) is 29.1 Å². The molecule has 0 fully saturated rings. The average Bonchev–Trinajstić information content (AvgIpc) is 3.20. The van der Waals surface area contributed by atoms with Crippen LogP contribution < -0.4 is 5.32 Å². The molecule has 1 unspecified atom stereocenters. The summed E-state index contributed by atoms with van der Waals surface area (Å²) in [6, 6.07) is 14.8. The first kappa shape index (κ1) is 22.1. The number of aryl methyl sites for hydroxylation is 2. The number of nitrogens with one attached hydrogen (secondary N) is 1. The molecule has 0 saturated carbocycles. The van der Waals surface area contributed by atoms with Gasteiger partial charge in [0.2, 0.25) is 0 Å². The first-order valence-corrected chi connectivity index (χ1v) is 10.3. The molecule has 0 bridgehead atoms. The number of ketones is 1. The van der Waals surface area contributed by atoms with Crippen LogP contribution in [0.2, 0.25) is 0 Å². The van der Waals surface area contributed by atoms with E-state index in [0.717, 1.165) is 22.3 Å². The highest BCUT2D eigenvalue weighted by Gasteiger charge is 2.21. The number of ether oxygens (including phenoxy) is 1. The summed E-state index contributed by atoms with van der Waals surface area (Å²) in [6.07, 6.45) is 0.350. The van der Waals surface area contributed by atoms with Crippen molar-refractivity contribution in [3.8, 4) is 0 Å². The summed E-state index contributed by atoms with van der Waals surface area (Å²) in [5, 5.41) is 15.0. The van der Waals surface area contributed by atoms with Crippen molar-refractivity contribution in [1.82, 2.24) is 25.5 Å². The van der Waals surface area contributed by atoms with E-state index < -0.39 is 12.1 Å². The lowest BCUT2D eigenvalue weighted by molar-refractivity contribution is -0.122. The van der Waals surface area contributed by atoms with Crippen LogP contribution in [0.5, 0.6) is 0 Å². The van der Waals surface area contributed by atoms with Crippen molar-refractivity contribution in [2.24, 2.45) is 0 Å². The molecule has 1 amide bonds. The van der Waals surface area contributed by atoms with Gasteiger partial charge < -0.3 is 10.1 Å². The maximum Gasteiger partial charge on any atom is 0.408 e. The van der Waals surface area contributed by atoms with Crippen LogP contribution in [0.3, 0.4) is 0 Å². The predicted molar refractivity (Wildman–Crippen MR) is 115 cm³/mol. The normalized spacial score (nSPS) is 11.7. The number of hydrogen-bond acceptors (Lipinski definition) is 6. The second kappa shape index (κ2) is 10.5. The van der Waals surface area contributed by atoms with E-state index >= 15 is 0 Å². The number of carbonyl (C=O) groups excluding carboxylic acids is 2. The number of alkyl carbamates (subject to hydrolysis) is 1. The van der Waals surface area contributed by atoms with E-state index in [1.807, 2.05) is 69.3 Å². The van der Waals surface area contributed by atoms with Gasteiger partial charge in [-0.2, -0.15) is 4.80 Å². The van der Waals surface area contributed by atoms with Crippen molar-refractivity contribution in [3.63, 3.8) is 0 Å². The smallest absolute Gasteiger partial charge is 0.408 e. The number of rotatable bonds is 9. The molecule has 0 aliphatic heterocycles. The van der Waals surface area contributed by atoms with Crippen molar-refractivity contribution in [2.45, 2.75) is 52.8 Å². The zero-order valence-corrected chi connectivity index (χ0v) is 18.0. The second-order valence-corrected chi connectivity index (χ2v) is 7.42. The standard InChI is InChI=1S/C23H27N5O3/c1-4-20(24-23(30)31-15-18-11-6-5-7-12-18)21(29)14-28-26-22(25-27-28)13-19-16(2)9-8-10-17(19)3/h5-12,20H,4,13-15H2,1-3H3,(H,24,30). The van der Waals surface area contributed by atoms with Crippen molar-refractivity contribution < 1.29 is 14.3 Å². The lowest BCUT2D eigenvalue weighted by Crippen LogP contribution is -2.42. The fraction of sp³-hybridized carbons (Fsp3) is 0.348. The largest absolute Gasteiger partial charge is 0.445 e. The van der Waals surface area contributed by atoms with Gasteiger partial charge in [0.25, 0.3) is 0 Å². The van der Waals surface area contributed by atoms with Crippen molar-refractivity contribution in [1.29, 1.82) is 0 Å². The number of hydrogen-bond donors (Lipinski definition) is 1. The summed E-state index contributed by atoms with van der Waals surface area (Å²) in [7, 11) is 0. The Morgan fingerprint density at radius 3 is 2.45 bits per heavy atom. The van der Waals surface area contributed by atoms with Crippen molar-refractivity contribution in [2.75, 3.05) is 0 Å². The molecule has 3 rings (SSSR count). The molecule has 0 spiro atoms. The van der Waals surface area contributed by atoms with Gasteiger partial charge >= 0.3 is 6.09 Å². The lowest BCUT2D eigenvalue weighted by atomic mass is 10.00. The molecule has 31 heavy (non-hydrogen) atoms. The Hall–Kier alpha value is -3.55. The molecule has 1 aromatic heterocycles. The third-order valence-electron chi connectivity index (χ3n) is 5.07. The van der Waals surface area contributed by atoms with Gasteiger partial charge in [0.1, 0.15) is 13.2 Å². The van der Waals surface area contributed by atoms with Gasteiger partial charge in [0.15, 0.2) is 11.6 Å². The van der Waals surface area contributed by atoms with E-state index in [-0.39, 0.29) is 18.9 Å². The molecule has 1 N–H and O–H groups in total. The Kier molecular flexibility index (Phi) is 7.48. The zero-order chi connectivity index (χ0) is 22.2. The minimum atomic E-state index is -0.684. The third kappa shape index (κ3) is 6.21. The molecule has 0 radical (unpaired) electrons. The van der Waals surface area contributed by atoms with Crippen molar-refractivity contribution in [3.05, 3.63) is 76.6 Å². The molecular weight excluding hydrogens is 394 g/mol. The highest BCUT2D eigenvalue weighted by Crippen LogP contribution is 2.15. The van der Waals surface area contributed by atoms with Crippen LogP contribution in [0.1, 0.15) is 41.4 Å². The average molecular weight is 422 g/mol. The van der Waals surface area contributed by atoms with Crippen LogP contribution in [0.15, 0.2) is 48.5 Å². The van der Waals surface area contributed by atoms with Gasteiger partial charge in [0.05, 0.1) is 6.04 Å². The van der Waals surface area contributed by atoms with Gasteiger partial charge in [-0.1, -0.05) is 55.5 Å². The minimum absolute atomic E-state index is 0.0722. The van der Waals surface area contributed by atoms with E-state index in [2.05, 4.69) is 20.7 Å². The molecule has 0 aliphatic rings. The van der Waals surface area contributed by atoms with Gasteiger partial charge in [-0.05, 0) is 47.7 Å². The molecule has 0 aliphatic carbocycles. The number of amides is 1. The van der Waals surface area contributed by atoms with Crippen LogP contribution in [-0.4, -0.2) is 38.1 Å². The van der Waals surface area contributed by atoms with Crippen LogP contribution in [0, 0.1) is 13.8 Å². The van der Waals surface area contributed by atoms with Gasteiger partial charge in [-0.25, -0.2) is 4.79 Å². The van der Waals surface area contributed by atoms with E-state index in [0.29, 0.717) is 18.7 Å². The summed E-state index contributed by atoms with van der Waals surface area (Å²) in [4.78, 5) is 26.0. The summed E-state index contributed by atoms with van der Waals surface area (Å²) in [5.41, 5.74) is 4.36. The maximum atomic E-state index is 12.6. The number of Topliss-reactive ketones (excluding diaryl/α,β-unsaturated/α-hetero) is 1. The Bertz CT molecular complexity index is 1010. The Morgan fingerprint density at radius 1 is 1.06 bits per heavy atom. The summed E-state index contributed by atoms with van der Waals surface area (Å²) >= 11 is 0. The van der Waals surface area contributed by atoms with Crippen LogP contribution in [0.4, 0.5) is 4.79 Å². The lowest BCUT2D eigenvalue weighted by Gasteiger charge is -2.15. The molecule has 162 valence electrons. The van der Waals surface area contributed by atoms with E-state index in [1.54, 1.807) is 0 Å². The molecule has 1 atom stereocenters. The molecule has 2 aromatic carbocycles. The zero-order valence-electron chi connectivity index (χ0n) is 18.0. The summed E-state index contributed by atoms with van der Waals surface area (Å²) < 4.78 is 5.20. The second-order valence-electron chi connectivity index (χ2n) is 7.42. The maximum absolute atomic E-state index is 12.6. The number of tetrazole rings is 1. The Balaban J connectivity index is 1.54. The first-order chi connectivity index (χ1) is 15.0. The number of nitrogens with zero attached hydrogens (tertiary/aromatic N) is 4. The van der Waals surface area contributed by atoms with E-state index in [4.69, 9.17) is 4.74 Å². The predicted octanol–water partition coefficient (Wildman–Crippen LogP) is 3.15. The molecule has 3 aromatic rings. The van der Waals surface area contributed by atoms with Crippen LogP contribution in [0.25, 0.3) is 0 Å². The number of carbonyl (C=O) groups is 2. The Morgan fingerprint density at radius 2 is 1.77 bits per heavy atom. The van der Waals surface area contributed by atoms with Gasteiger partial charge in [-0.15, -0.1) is 10.2 Å². The van der Waals surface area contributed by atoms with Crippen molar-refractivity contribution >= 4 is 11.9 Å². The Labute approximate surface area is 181 Å². The fourth-order valence-corrected chi connectivity index (χ4v) is 3.27. The minimum Gasteiger partial charge on any atom is -0.445 e. The molecule has 0 saturated heterocycles. The summed E-state index contributed by atoms with van der Waals surface area (Å²) in [6.45, 7) is 5.98. The quantitative estimate of drug-likeness (QED) is 0.570. The van der Waals surface area contributed by atoms with Crippen LogP contribution >= 0.6 is 0 Å².